The molecule has 1 aliphatic heterocycles. The van der Waals surface area contributed by atoms with Gasteiger partial charge in [0, 0.05) is 19.6 Å². The maximum Gasteiger partial charge on any atom is 0.191 e. The molecule has 0 fully saturated rings. The fraction of sp³-hybridized carbons (Fsp3) is 0.364. The summed E-state index contributed by atoms with van der Waals surface area (Å²) in [5, 5.41) is 15.8. The third kappa shape index (κ3) is 4.34. The van der Waals surface area contributed by atoms with E-state index in [-0.39, 0.29) is 29.7 Å². The van der Waals surface area contributed by atoms with Crippen molar-refractivity contribution in [3.8, 4) is 5.75 Å². The molecule has 2 rings (SSSR count). The molecule has 1 aromatic rings. The van der Waals surface area contributed by atoms with Crippen molar-refractivity contribution in [1.82, 2.24) is 10.6 Å². The van der Waals surface area contributed by atoms with E-state index in [4.69, 9.17) is 0 Å². The minimum absolute atomic E-state index is 0. The summed E-state index contributed by atoms with van der Waals surface area (Å²) in [7, 11) is 0. The Hall–Kier alpha value is -0.500. The molecule has 1 aromatic carbocycles. The molecule has 0 radical (unpaired) electrons. The monoisotopic (exact) mass is 411 g/mol. The fourth-order valence-corrected chi connectivity index (χ4v) is 1.92. The van der Waals surface area contributed by atoms with Crippen LogP contribution in [-0.2, 0) is 6.54 Å². The van der Waals surface area contributed by atoms with Crippen LogP contribution in [0.15, 0.2) is 27.7 Å². The molecule has 0 atom stereocenters. The molecule has 0 amide bonds. The van der Waals surface area contributed by atoms with Crippen LogP contribution < -0.4 is 10.6 Å². The smallest absolute Gasteiger partial charge is 0.191 e. The van der Waals surface area contributed by atoms with E-state index in [0.29, 0.717) is 11.0 Å². The number of nitrogens with one attached hydrogen (secondary N) is 2. The lowest BCUT2D eigenvalue weighted by atomic mass is 10.2. The maximum atomic E-state index is 9.36. The third-order valence-electron chi connectivity index (χ3n) is 2.37. The summed E-state index contributed by atoms with van der Waals surface area (Å²) in [5.74, 6) is 1.12. The molecular formula is C11H15BrIN3O. The Bertz CT molecular complexity index is 412. The zero-order chi connectivity index (χ0) is 11.4. The van der Waals surface area contributed by atoms with Crippen LogP contribution in [0.2, 0.25) is 0 Å². The minimum Gasteiger partial charge on any atom is -0.507 e. The normalized spacial score (nSPS) is 14.3. The van der Waals surface area contributed by atoms with Crippen molar-refractivity contribution in [2.24, 2.45) is 4.99 Å². The van der Waals surface area contributed by atoms with Gasteiger partial charge in [0.15, 0.2) is 5.96 Å². The highest BCUT2D eigenvalue weighted by Crippen LogP contribution is 2.24. The van der Waals surface area contributed by atoms with Gasteiger partial charge in [-0.2, -0.15) is 0 Å². The van der Waals surface area contributed by atoms with Crippen LogP contribution in [0, 0.1) is 0 Å². The molecule has 0 spiro atoms. The summed E-state index contributed by atoms with van der Waals surface area (Å²) in [5.41, 5.74) is 1.10. The molecule has 1 heterocycles. The van der Waals surface area contributed by atoms with Gasteiger partial charge in [-0.25, -0.2) is 0 Å². The van der Waals surface area contributed by atoms with E-state index in [1.807, 2.05) is 12.1 Å². The number of nitrogens with zero attached hydrogens (tertiary/aromatic N) is 1. The number of benzene rings is 1. The zero-order valence-corrected chi connectivity index (χ0v) is 13.2. The first-order valence-corrected chi connectivity index (χ1v) is 6.04. The van der Waals surface area contributed by atoms with E-state index in [0.717, 1.165) is 31.0 Å². The lowest BCUT2D eigenvalue weighted by Gasteiger charge is -2.16. The predicted octanol–water partition coefficient (Wildman–Crippen LogP) is 2.21. The van der Waals surface area contributed by atoms with Crippen LogP contribution in [0.1, 0.15) is 12.0 Å². The highest BCUT2D eigenvalue weighted by molar-refractivity contribution is 14.0. The molecule has 0 unspecified atom stereocenters. The first kappa shape index (κ1) is 14.6. The van der Waals surface area contributed by atoms with Crippen molar-refractivity contribution < 1.29 is 5.11 Å². The van der Waals surface area contributed by atoms with Crippen LogP contribution in [-0.4, -0.2) is 24.2 Å². The topological polar surface area (TPSA) is 56.6 Å². The Morgan fingerprint density at radius 2 is 2.29 bits per heavy atom. The number of phenolic OH excluding ortho intramolecular Hbond substituents is 1. The second-order valence-electron chi connectivity index (χ2n) is 3.65. The quantitative estimate of drug-likeness (QED) is 0.654. The second kappa shape index (κ2) is 7.05. The molecule has 0 aromatic heterocycles. The van der Waals surface area contributed by atoms with Crippen LogP contribution in [0.5, 0.6) is 5.75 Å². The summed E-state index contributed by atoms with van der Waals surface area (Å²) in [6.07, 6.45) is 1.09. The summed E-state index contributed by atoms with van der Waals surface area (Å²) in [6.45, 7) is 2.56. The lowest BCUT2D eigenvalue weighted by Crippen LogP contribution is -2.40. The molecule has 1 aliphatic rings. The summed E-state index contributed by atoms with van der Waals surface area (Å²) < 4.78 is 0.713. The van der Waals surface area contributed by atoms with Gasteiger partial charge in [0.25, 0.3) is 0 Å². The molecule has 94 valence electrons. The Labute approximate surface area is 126 Å². The highest BCUT2D eigenvalue weighted by atomic mass is 127. The molecule has 0 saturated heterocycles. The van der Waals surface area contributed by atoms with E-state index in [9.17, 15) is 5.11 Å². The first-order chi connectivity index (χ1) is 7.75. The van der Waals surface area contributed by atoms with Crippen molar-refractivity contribution in [3.05, 3.63) is 28.2 Å². The van der Waals surface area contributed by atoms with Crippen LogP contribution >= 0.6 is 39.9 Å². The predicted molar refractivity (Wildman–Crippen MR) is 83.0 cm³/mol. The van der Waals surface area contributed by atoms with E-state index >= 15 is 0 Å². The number of rotatable bonds is 2. The maximum absolute atomic E-state index is 9.36. The molecule has 6 heteroatoms. The van der Waals surface area contributed by atoms with Gasteiger partial charge in [-0.05, 0) is 40.0 Å². The number of halogens is 2. The lowest BCUT2D eigenvalue weighted by molar-refractivity contribution is 0.471. The van der Waals surface area contributed by atoms with Crippen molar-refractivity contribution in [3.63, 3.8) is 0 Å². The summed E-state index contributed by atoms with van der Waals surface area (Å²) in [4.78, 5) is 4.32. The van der Waals surface area contributed by atoms with Gasteiger partial charge >= 0.3 is 0 Å². The average molecular weight is 412 g/mol. The van der Waals surface area contributed by atoms with Gasteiger partial charge in [-0.15, -0.1) is 24.0 Å². The van der Waals surface area contributed by atoms with Gasteiger partial charge in [0.2, 0.25) is 0 Å². The molecule has 0 bridgehead atoms. The fourth-order valence-electron chi connectivity index (χ4n) is 1.50. The SMILES string of the molecule is I.Oc1ccc(CNC2=NCCCN2)cc1Br. The Morgan fingerprint density at radius 1 is 1.47 bits per heavy atom. The van der Waals surface area contributed by atoms with E-state index in [2.05, 4.69) is 31.6 Å². The van der Waals surface area contributed by atoms with Crippen LogP contribution in [0.3, 0.4) is 0 Å². The molecule has 0 saturated carbocycles. The molecule has 17 heavy (non-hydrogen) atoms. The Kier molecular flexibility index (Phi) is 6.04. The van der Waals surface area contributed by atoms with Crippen molar-refractivity contribution in [1.29, 1.82) is 0 Å². The number of hydrogen-bond acceptors (Lipinski definition) is 4. The summed E-state index contributed by atoms with van der Waals surface area (Å²) >= 11 is 3.29. The van der Waals surface area contributed by atoms with Crippen molar-refractivity contribution in [2.75, 3.05) is 13.1 Å². The number of hydrogen-bond donors (Lipinski definition) is 3. The van der Waals surface area contributed by atoms with Crippen LogP contribution in [0.25, 0.3) is 0 Å². The number of aliphatic imine (C=N–C) groups is 1. The minimum atomic E-state index is 0. The van der Waals surface area contributed by atoms with Crippen LogP contribution in [0.4, 0.5) is 0 Å². The largest absolute Gasteiger partial charge is 0.507 e. The van der Waals surface area contributed by atoms with Gasteiger partial charge in [-0.3, -0.25) is 4.99 Å². The van der Waals surface area contributed by atoms with Crippen molar-refractivity contribution in [2.45, 2.75) is 13.0 Å². The number of aromatic hydroxyl groups is 1. The zero-order valence-electron chi connectivity index (χ0n) is 9.24. The highest BCUT2D eigenvalue weighted by Gasteiger charge is 2.04. The molecule has 3 N–H and O–H groups in total. The first-order valence-electron chi connectivity index (χ1n) is 5.25. The standard InChI is InChI=1S/C11H14BrN3O.HI/c12-9-6-8(2-3-10(9)16)7-15-11-13-4-1-5-14-11;/h2-3,6,16H,1,4-5,7H2,(H2,13,14,15);1H. The van der Waals surface area contributed by atoms with E-state index < -0.39 is 0 Å². The number of guanidine groups is 1. The Balaban J connectivity index is 0.00000144. The van der Waals surface area contributed by atoms with Gasteiger partial charge in [0.1, 0.15) is 5.75 Å². The van der Waals surface area contributed by atoms with Gasteiger partial charge < -0.3 is 15.7 Å². The average Bonchev–Trinajstić information content (AvgIpc) is 2.32. The Morgan fingerprint density at radius 3 is 2.94 bits per heavy atom. The molecule has 0 aliphatic carbocycles. The van der Waals surface area contributed by atoms with E-state index in [1.165, 1.54) is 0 Å². The second-order valence-corrected chi connectivity index (χ2v) is 4.50. The van der Waals surface area contributed by atoms with Gasteiger partial charge in [-0.1, -0.05) is 6.07 Å². The number of phenols is 1. The summed E-state index contributed by atoms with van der Waals surface area (Å²) in [6, 6.07) is 5.46. The molecular weight excluding hydrogens is 397 g/mol. The van der Waals surface area contributed by atoms with Crippen molar-refractivity contribution >= 4 is 45.9 Å². The van der Waals surface area contributed by atoms with Gasteiger partial charge in [0.05, 0.1) is 4.47 Å². The third-order valence-corrected chi connectivity index (χ3v) is 3.00. The molecule has 4 nitrogen and oxygen atoms in total. The van der Waals surface area contributed by atoms with E-state index in [1.54, 1.807) is 6.07 Å².